The molecule has 0 aliphatic carbocycles. The van der Waals surface area contributed by atoms with Gasteiger partial charge in [0.1, 0.15) is 5.82 Å². The summed E-state index contributed by atoms with van der Waals surface area (Å²) in [6.45, 7) is 0.728. The van der Waals surface area contributed by atoms with E-state index in [1.807, 2.05) is 11.8 Å². The van der Waals surface area contributed by atoms with Crippen LogP contribution in [0.2, 0.25) is 0 Å². The van der Waals surface area contributed by atoms with Crippen molar-refractivity contribution in [3.8, 4) is 0 Å². The van der Waals surface area contributed by atoms with Crippen LogP contribution in [0.3, 0.4) is 0 Å². The second-order valence-corrected chi connectivity index (χ2v) is 5.33. The summed E-state index contributed by atoms with van der Waals surface area (Å²) in [5, 5.41) is 10.3. The molecule has 3 N–H and O–H groups in total. The van der Waals surface area contributed by atoms with Gasteiger partial charge in [-0.2, -0.15) is 11.8 Å². The first-order valence-electron chi connectivity index (χ1n) is 5.71. The highest BCUT2D eigenvalue weighted by Crippen LogP contribution is 2.21. The Kier molecular flexibility index (Phi) is 4.19. The third kappa shape index (κ3) is 3.59. The SMILES string of the molecule is Nc1ccc(C(=O)NCC2CCSCC2)nn1. The number of nitrogens with zero attached hydrogens (tertiary/aromatic N) is 2. The van der Waals surface area contributed by atoms with Crippen LogP contribution >= 0.6 is 11.8 Å². The van der Waals surface area contributed by atoms with Crippen molar-refractivity contribution in [1.29, 1.82) is 0 Å². The molecule has 1 aliphatic rings. The number of aromatic nitrogens is 2. The largest absolute Gasteiger partial charge is 0.382 e. The van der Waals surface area contributed by atoms with Gasteiger partial charge in [-0.15, -0.1) is 10.2 Å². The summed E-state index contributed by atoms with van der Waals surface area (Å²) in [4.78, 5) is 11.7. The first kappa shape index (κ1) is 12.2. The van der Waals surface area contributed by atoms with Gasteiger partial charge in [-0.3, -0.25) is 4.79 Å². The van der Waals surface area contributed by atoms with Gasteiger partial charge in [-0.1, -0.05) is 0 Å². The maximum Gasteiger partial charge on any atom is 0.271 e. The number of thioether (sulfide) groups is 1. The minimum Gasteiger partial charge on any atom is -0.382 e. The lowest BCUT2D eigenvalue weighted by molar-refractivity contribution is 0.0940. The summed E-state index contributed by atoms with van der Waals surface area (Å²) in [6.07, 6.45) is 2.36. The van der Waals surface area contributed by atoms with Gasteiger partial charge >= 0.3 is 0 Å². The standard InChI is InChI=1S/C11H16N4OS/c12-10-2-1-9(14-15-10)11(16)13-7-8-3-5-17-6-4-8/h1-2,8H,3-7H2,(H2,12,15)(H,13,16). The molecule has 0 aromatic carbocycles. The molecule has 0 radical (unpaired) electrons. The lowest BCUT2D eigenvalue weighted by atomic mass is 10.0. The van der Waals surface area contributed by atoms with Crippen molar-refractivity contribution >= 4 is 23.5 Å². The Morgan fingerprint density at radius 1 is 1.41 bits per heavy atom. The fourth-order valence-corrected chi connectivity index (χ4v) is 2.95. The van der Waals surface area contributed by atoms with Crippen molar-refractivity contribution in [2.45, 2.75) is 12.8 Å². The van der Waals surface area contributed by atoms with E-state index in [-0.39, 0.29) is 5.91 Å². The Hall–Kier alpha value is -1.30. The van der Waals surface area contributed by atoms with E-state index >= 15 is 0 Å². The normalized spacial score (nSPS) is 16.7. The average Bonchev–Trinajstić information content (AvgIpc) is 2.38. The zero-order chi connectivity index (χ0) is 12.1. The Morgan fingerprint density at radius 2 is 2.18 bits per heavy atom. The molecule has 0 atom stereocenters. The second kappa shape index (κ2) is 5.86. The predicted octanol–water partition coefficient (Wildman–Crippen LogP) is 0.932. The molecule has 17 heavy (non-hydrogen) atoms. The number of nitrogens with two attached hydrogens (primary N) is 1. The lowest BCUT2D eigenvalue weighted by Gasteiger charge is -2.21. The minimum atomic E-state index is -0.171. The Morgan fingerprint density at radius 3 is 2.82 bits per heavy atom. The van der Waals surface area contributed by atoms with Gasteiger partial charge in [0, 0.05) is 6.54 Å². The molecule has 1 aromatic heterocycles. The lowest BCUT2D eigenvalue weighted by Crippen LogP contribution is -2.31. The molecule has 2 heterocycles. The summed E-state index contributed by atoms with van der Waals surface area (Å²) in [6, 6.07) is 3.17. The van der Waals surface area contributed by atoms with Crippen LogP contribution in [0, 0.1) is 5.92 Å². The van der Waals surface area contributed by atoms with Crippen molar-refractivity contribution < 1.29 is 4.79 Å². The highest BCUT2D eigenvalue weighted by molar-refractivity contribution is 7.99. The number of carbonyl (C=O) groups excluding carboxylic acids is 1. The van der Waals surface area contributed by atoms with Gasteiger partial charge in [0.2, 0.25) is 0 Å². The van der Waals surface area contributed by atoms with Crippen LogP contribution < -0.4 is 11.1 Å². The van der Waals surface area contributed by atoms with Crippen LogP contribution in [0.1, 0.15) is 23.3 Å². The molecule has 2 rings (SSSR count). The van der Waals surface area contributed by atoms with Gasteiger partial charge in [-0.05, 0) is 42.4 Å². The molecule has 1 aromatic rings. The van der Waals surface area contributed by atoms with Crippen molar-refractivity contribution in [3.05, 3.63) is 17.8 Å². The summed E-state index contributed by atoms with van der Waals surface area (Å²) < 4.78 is 0. The fraction of sp³-hybridized carbons (Fsp3) is 0.545. The quantitative estimate of drug-likeness (QED) is 0.836. The van der Waals surface area contributed by atoms with E-state index in [1.54, 1.807) is 12.1 Å². The van der Waals surface area contributed by atoms with Gasteiger partial charge in [0.15, 0.2) is 5.69 Å². The van der Waals surface area contributed by atoms with Crippen molar-refractivity contribution in [3.63, 3.8) is 0 Å². The van der Waals surface area contributed by atoms with Crippen molar-refractivity contribution in [1.82, 2.24) is 15.5 Å². The van der Waals surface area contributed by atoms with E-state index in [4.69, 9.17) is 5.73 Å². The molecule has 0 bridgehead atoms. The van der Waals surface area contributed by atoms with Crippen LogP contribution in [-0.2, 0) is 0 Å². The molecule has 1 fully saturated rings. The van der Waals surface area contributed by atoms with Gasteiger partial charge < -0.3 is 11.1 Å². The molecule has 0 unspecified atom stereocenters. The Bertz CT molecular complexity index is 376. The zero-order valence-electron chi connectivity index (χ0n) is 9.56. The molecule has 1 saturated heterocycles. The number of hydrogen-bond acceptors (Lipinski definition) is 5. The smallest absolute Gasteiger partial charge is 0.271 e. The van der Waals surface area contributed by atoms with Crippen molar-refractivity contribution in [2.75, 3.05) is 23.8 Å². The number of nitrogen functional groups attached to an aromatic ring is 1. The van der Waals surface area contributed by atoms with Gasteiger partial charge in [-0.25, -0.2) is 0 Å². The van der Waals surface area contributed by atoms with Crippen LogP contribution in [0.15, 0.2) is 12.1 Å². The van der Waals surface area contributed by atoms with Crippen molar-refractivity contribution in [2.24, 2.45) is 5.92 Å². The molecule has 0 saturated carbocycles. The highest BCUT2D eigenvalue weighted by atomic mass is 32.2. The molecular weight excluding hydrogens is 236 g/mol. The minimum absolute atomic E-state index is 0.171. The Balaban J connectivity index is 1.82. The number of rotatable bonds is 3. The molecule has 0 spiro atoms. The van der Waals surface area contributed by atoms with Crippen LogP contribution in [-0.4, -0.2) is 34.2 Å². The molecule has 1 aliphatic heterocycles. The maximum atomic E-state index is 11.7. The molecule has 6 heteroatoms. The number of amides is 1. The number of carbonyl (C=O) groups is 1. The third-order valence-electron chi connectivity index (χ3n) is 2.81. The summed E-state index contributed by atoms with van der Waals surface area (Å²) in [5.74, 6) is 3.15. The van der Waals surface area contributed by atoms with Crippen LogP contribution in [0.25, 0.3) is 0 Å². The molecule has 92 valence electrons. The highest BCUT2D eigenvalue weighted by Gasteiger charge is 2.15. The zero-order valence-corrected chi connectivity index (χ0v) is 10.4. The molecular formula is C11H16N4OS. The van der Waals surface area contributed by atoms with E-state index in [9.17, 15) is 4.79 Å². The first-order chi connectivity index (χ1) is 8.25. The predicted molar refractivity (Wildman–Crippen MR) is 68.8 cm³/mol. The summed E-state index contributed by atoms with van der Waals surface area (Å²) in [7, 11) is 0. The van der Waals surface area contributed by atoms with E-state index < -0.39 is 0 Å². The van der Waals surface area contributed by atoms with Crippen LogP contribution in [0.4, 0.5) is 5.82 Å². The maximum absolute atomic E-state index is 11.7. The monoisotopic (exact) mass is 252 g/mol. The van der Waals surface area contributed by atoms with E-state index in [0.29, 0.717) is 17.4 Å². The Labute approximate surface area is 105 Å². The van der Waals surface area contributed by atoms with E-state index in [0.717, 1.165) is 6.54 Å². The molecule has 1 amide bonds. The first-order valence-corrected chi connectivity index (χ1v) is 6.86. The second-order valence-electron chi connectivity index (χ2n) is 4.11. The van der Waals surface area contributed by atoms with E-state index in [2.05, 4.69) is 15.5 Å². The van der Waals surface area contributed by atoms with Crippen LogP contribution in [0.5, 0.6) is 0 Å². The number of nitrogens with one attached hydrogen (secondary N) is 1. The van der Waals surface area contributed by atoms with Gasteiger partial charge in [0.05, 0.1) is 0 Å². The summed E-state index contributed by atoms with van der Waals surface area (Å²) >= 11 is 1.98. The third-order valence-corrected chi connectivity index (χ3v) is 3.86. The summed E-state index contributed by atoms with van der Waals surface area (Å²) in [5.41, 5.74) is 5.73. The molecule has 5 nitrogen and oxygen atoms in total. The topological polar surface area (TPSA) is 80.9 Å². The van der Waals surface area contributed by atoms with E-state index in [1.165, 1.54) is 24.3 Å². The number of anilines is 1. The average molecular weight is 252 g/mol. The fourth-order valence-electron chi connectivity index (χ4n) is 1.74. The number of hydrogen-bond donors (Lipinski definition) is 2. The van der Waals surface area contributed by atoms with Gasteiger partial charge in [0.25, 0.3) is 5.91 Å².